The fraction of sp³-hybridized carbons (Fsp3) is 0.524. The largest absolute Gasteiger partial charge is 0.467 e. The molecule has 2 aromatic rings. The predicted molar refractivity (Wildman–Crippen MR) is 99.8 cm³/mol. The highest BCUT2D eigenvalue weighted by Crippen LogP contribution is 2.17. The van der Waals surface area contributed by atoms with E-state index in [2.05, 4.69) is 36.1 Å². The lowest BCUT2D eigenvalue weighted by Crippen LogP contribution is -2.39. The Bertz CT molecular complexity index is 637. The Morgan fingerprint density at radius 2 is 2.15 bits per heavy atom. The highest BCUT2D eigenvalue weighted by Gasteiger charge is 2.21. The molecule has 2 unspecified atom stereocenters. The number of hydrogen-bond acceptors (Lipinski definition) is 5. The number of rotatable bonds is 10. The highest BCUT2D eigenvalue weighted by molar-refractivity contribution is 5.25. The normalized spacial score (nSPS) is 18.5. The molecule has 1 aliphatic rings. The van der Waals surface area contributed by atoms with E-state index in [1.807, 2.05) is 12.1 Å². The summed E-state index contributed by atoms with van der Waals surface area (Å²) < 4.78 is 16.6. The van der Waals surface area contributed by atoms with Crippen LogP contribution in [0.4, 0.5) is 0 Å². The van der Waals surface area contributed by atoms with E-state index in [4.69, 9.17) is 13.9 Å². The summed E-state index contributed by atoms with van der Waals surface area (Å²) in [5.74, 6) is 0.772. The van der Waals surface area contributed by atoms with E-state index in [1.54, 1.807) is 6.26 Å². The molecule has 3 rings (SSSR count). The summed E-state index contributed by atoms with van der Waals surface area (Å²) >= 11 is 0. The van der Waals surface area contributed by atoms with Crippen molar-refractivity contribution in [2.45, 2.75) is 45.1 Å². The van der Waals surface area contributed by atoms with Gasteiger partial charge in [-0.05, 0) is 43.0 Å². The third kappa shape index (κ3) is 5.95. The molecule has 0 saturated carbocycles. The van der Waals surface area contributed by atoms with Gasteiger partial charge in [0.1, 0.15) is 12.4 Å². The van der Waals surface area contributed by atoms with Gasteiger partial charge in [-0.25, -0.2) is 0 Å². The first-order valence-corrected chi connectivity index (χ1v) is 9.37. The van der Waals surface area contributed by atoms with Crippen molar-refractivity contribution in [1.82, 2.24) is 4.90 Å². The summed E-state index contributed by atoms with van der Waals surface area (Å²) in [6.07, 6.45) is 3.55. The minimum absolute atomic E-state index is 0.259. The molecule has 1 fully saturated rings. The molecule has 5 heteroatoms. The van der Waals surface area contributed by atoms with Gasteiger partial charge in [0.2, 0.25) is 0 Å². The molecule has 0 aliphatic carbocycles. The van der Waals surface area contributed by atoms with Gasteiger partial charge >= 0.3 is 0 Å². The molecule has 1 aliphatic heterocycles. The second-order valence-corrected chi connectivity index (χ2v) is 7.00. The maximum absolute atomic E-state index is 10.4. The predicted octanol–water partition coefficient (Wildman–Crippen LogP) is 3.15. The number of aryl methyl sites for hydroxylation is 1. The first-order valence-electron chi connectivity index (χ1n) is 9.37. The Labute approximate surface area is 155 Å². The maximum atomic E-state index is 10.4. The highest BCUT2D eigenvalue weighted by atomic mass is 16.5. The average Bonchev–Trinajstić information content (AvgIpc) is 3.31. The van der Waals surface area contributed by atoms with Gasteiger partial charge in [0, 0.05) is 26.2 Å². The molecular weight excluding hydrogens is 330 g/mol. The minimum Gasteiger partial charge on any atom is -0.467 e. The van der Waals surface area contributed by atoms with Crippen LogP contribution in [0, 0.1) is 6.92 Å². The molecule has 1 aromatic carbocycles. The van der Waals surface area contributed by atoms with E-state index in [0.717, 1.165) is 38.3 Å². The number of ether oxygens (including phenoxy) is 2. The molecule has 26 heavy (non-hydrogen) atoms. The van der Waals surface area contributed by atoms with Crippen LogP contribution < -0.4 is 0 Å². The third-order valence-electron chi connectivity index (χ3n) is 4.74. The fourth-order valence-electron chi connectivity index (χ4n) is 3.35. The van der Waals surface area contributed by atoms with Gasteiger partial charge in [0.25, 0.3) is 0 Å². The molecule has 2 heterocycles. The monoisotopic (exact) mass is 359 g/mol. The van der Waals surface area contributed by atoms with Crippen LogP contribution in [0.2, 0.25) is 0 Å². The molecule has 0 bridgehead atoms. The van der Waals surface area contributed by atoms with Gasteiger partial charge in [0.05, 0.1) is 25.1 Å². The molecule has 1 N–H and O–H groups in total. The first kappa shape index (κ1) is 19.1. The molecule has 142 valence electrons. The quantitative estimate of drug-likeness (QED) is 0.706. The average molecular weight is 359 g/mol. The van der Waals surface area contributed by atoms with Crippen LogP contribution in [-0.2, 0) is 22.6 Å². The van der Waals surface area contributed by atoms with Gasteiger partial charge < -0.3 is 19.0 Å². The molecule has 0 amide bonds. The van der Waals surface area contributed by atoms with Gasteiger partial charge in [0.15, 0.2) is 0 Å². The van der Waals surface area contributed by atoms with Crippen molar-refractivity contribution in [1.29, 1.82) is 0 Å². The lowest BCUT2D eigenvalue weighted by atomic mass is 10.1. The standard InChI is InChI=1S/C21H29NO4/c1-17-6-2-3-7-18(17)12-22(14-20-8-4-10-25-20)13-19(23)15-24-16-21-9-5-11-26-21/h2-3,5-7,9,11,19-20,23H,4,8,10,12-16H2,1H3. The second-order valence-electron chi connectivity index (χ2n) is 7.00. The van der Waals surface area contributed by atoms with E-state index >= 15 is 0 Å². The third-order valence-corrected chi connectivity index (χ3v) is 4.74. The zero-order valence-electron chi connectivity index (χ0n) is 15.5. The van der Waals surface area contributed by atoms with Crippen LogP contribution >= 0.6 is 0 Å². The van der Waals surface area contributed by atoms with Crippen molar-refractivity contribution in [3.05, 3.63) is 59.5 Å². The van der Waals surface area contributed by atoms with Crippen LogP contribution in [-0.4, -0.2) is 48.5 Å². The summed E-state index contributed by atoms with van der Waals surface area (Å²) in [4.78, 5) is 2.28. The van der Waals surface area contributed by atoms with Crippen molar-refractivity contribution in [3.8, 4) is 0 Å². The lowest BCUT2D eigenvalue weighted by Gasteiger charge is -2.28. The number of benzene rings is 1. The zero-order valence-corrected chi connectivity index (χ0v) is 15.5. The number of aliphatic hydroxyl groups is 1. The van der Waals surface area contributed by atoms with Crippen molar-refractivity contribution in [2.75, 3.05) is 26.3 Å². The topological polar surface area (TPSA) is 55.1 Å². The molecule has 0 spiro atoms. The Morgan fingerprint density at radius 1 is 1.27 bits per heavy atom. The summed E-state index contributed by atoms with van der Waals surface area (Å²) in [7, 11) is 0. The first-order chi connectivity index (χ1) is 12.7. The van der Waals surface area contributed by atoms with Crippen LogP contribution in [0.1, 0.15) is 29.7 Å². The van der Waals surface area contributed by atoms with Crippen molar-refractivity contribution in [2.24, 2.45) is 0 Å². The van der Waals surface area contributed by atoms with Crippen LogP contribution in [0.3, 0.4) is 0 Å². The van der Waals surface area contributed by atoms with E-state index in [0.29, 0.717) is 13.2 Å². The number of hydrogen-bond donors (Lipinski definition) is 1. The molecule has 5 nitrogen and oxygen atoms in total. The van der Waals surface area contributed by atoms with E-state index in [1.165, 1.54) is 11.1 Å². The Morgan fingerprint density at radius 3 is 2.88 bits per heavy atom. The SMILES string of the molecule is Cc1ccccc1CN(CC(O)COCc1ccco1)CC1CCCO1. The fourth-order valence-corrected chi connectivity index (χ4v) is 3.35. The van der Waals surface area contributed by atoms with Crippen molar-refractivity contribution < 1.29 is 19.0 Å². The van der Waals surface area contributed by atoms with Crippen LogP contribution in [0.25, 0.3) is 0 Å². The summed E-state index contributed by atoms with van der Waals surface area (Å²) in [5.41, 5.74) is 2.56. The smallest absolute Gasteiger partial charge is 0.129 e. The summed E-state index contributed by atoms with van der Waals surface area (Å²) in [5, 5.41) is 10.4. The zero-order chi connectivity index (χ0) is 18.2. The van der Waals surface area contributed by atoms with Crippen molar-refractivity contribution >= 4 is 0 Å². The maximum Gasteiger partial charge on any atom is 0.129 e. The lowest BCUT2D eigenvalue weighted by molar-refractivity contribution is -0.00639. The Balaban J connectivity index is 1.52. The second kappa shape index (κ2) is 9.88. The van der Waals surface area contributed by atoms with E-state index in [-0.39, 0.29) is 12.7 Å². The van der Waals surface area contributed by atoms with E-state index in [9.17, 15) is 5.11 Å². The van der Waals surface area contributed by atoms with Crippen LogP contribution in [0.15, 0.2) is 47.1 Å². The minimum atomic E-state index is -0.546. The molecule has 0 radical (unpaired) electrons. The molecular formula is C21H29NO4. The summed E-state index contributed by atoms with van der Waals surface area (Å²) in [6.45, 7) is 5.85. The summed E-state index contributed by atoms with van der Waals surface area (Å²) in [6, 6.07) is 12.1. The van der Waals surface area contributed by atoms with Gasteiger partial charge in [-0.15, -0.1) is 0 Å². The molecule has 1 saturated heterocycles. The van der Waals surface area contributed by atoms with Crippen LogP contribution in [0.5, 0.6) is 0 Å². The molecule has 2 atom stereocenters. The van der Waals surface area contributed by atoms with Crippen molar-refractivity contribution in [3.63, 3.8) is 0 Å². The number of nitrogens with zero attached hydrogens (tertiary/aromatic N) is 1. The van der Waals surface area contributed by atoms with Gasteiger partial charge in [-0.3, -0.25) is 4.90 Å². The molecule has 1 aromatic heterocycles. The Hall–Kier alpha value is -1.66. The van der Waals surface area contributed by atoms with Gasteiger partial charge in [-0.1, -0.05) is 24.3 Å². The Kier molecular flexibility index (Phi) is 7.26. The van der Waals surface area contributed by atoms with E-state index < -0.39 is 6.10 Å². The number of aliphatic hydroxyl groups excluding tert-OH is 1. The van der Waals surface area contributed by atoms with Gasteiger partial charge in [-0.2, -0.15) is 0 Å². The number of furan rings is 1.